The molecule has 11 heteroatoms. The van der Waals surface area contributed by atoms with Gasteiger partial charge < -0.3 is 10.2 Å². The number of benzene rings is 2. The van der Waals surface area contributed by atoms with Gasteiger partial charge in [-0.1, -0.05) is 53.9 Å². The molecule has 0 radical (unpaired) electrons. The minimum Gasteiger partial charge on any atom is -0.350 e. The third-order valence-corrected chi connectivity index (χ3v) is 7.47. The first-order chi connectivity index (χ1) is 17.1. The fourth-order valence-electron chi connectivity index (χ4n) is 3.82. The Bertz CT molecular complexity index is 1200. The number of carbonyl (C=O) groups is 2. The van der Waals surface area contributed by atoms with Gasteiger partial charge in [0.2, 0.25) is 21.8 Å². The lowest BCUT2D eigenvalue weighted by Gasteiger charge is -2.33. The van der Waals surface area contributed by atoms with E-state index in [0.717, 1.165) is 16.1 Å². The van der Waals surface area contributed by atoms with Gasteiger partial charge in [-0.05, 0) is 69.5 Å². The first-order valence-corrected chi connectivity index (χ1v) is 14.9. The molecule has 0 aliphatic heterocycles. The van der Waals surface area contributed by atoms with Gasteiger partial charge >= 0.3 is 0 Å². The fraction of sp³-hybridized carbons (Fsp3) is 0.462. The zero-order valence-corrected chi connectivity index (χ0v) is 24.8. The number of sulfonamides is 1. The van der Waals surface area contributed by atoms with Crippen LogP contribution in [0.4, 0.5) is 5.69 Å². The third-order valence-electron chi connectivity index (χ3n) is 5.48. The lowest BCUT2D eigenvalue weighted by molar-refractivity contribution is -0.142. The van der Waals surface area contributed by atoms with Crippen LogP contribution in [0.15, 0.2) is 42.5 Å². The highest BCUT2D eigenvalue weighted by molar-refractivity contribution is 7.92. The molecule has 2 amide bonds. The molecule has 0 saturated heterocycles. The van der Waals surface area contributed by atoms with Crippen LogP contribution < -0.4 is 9.62 Å². The summed E-state index contributed by atoms with van der Waals surface area (Å²) in [6, 6.07) is 10.9. The molecular weight excluding hydrogens is 557 g/mol. The zero-order valence-electron chi connectivity index (χ0n) is 21.7. The van der Waals surface area contributed by atoms with Gasteiger partial charge in [-0.15, -0.1) is 0 Å². The number of amides is 2. The molecule has 0 aromatic heterocycles. The van der Waals surface area contributed by atoms with Gasteiger partial charge in [0.05, 0.1) is 17.0 Å². The molecule has 0 saturated carbocycles. The molecule has 0 fully saturated rings. The SMILES string of the molecule is CC[C@H](C(=O)NC(C)(C)C)N(Cc1ccc(Cl)cc1)C(=O)CCCN(c1cc(Cl)ccc1Cl)S(C)(=O)=O. The summed E-state index contributed by atoms with van der Waals surface area (Å²) in [6.45, 7) is 7.71. The molecule has 2 aromatic rings. The second kappa shape index (κ2) is 13.2. The molecular formula is C26H34Cl3N3O4S. The van der Waals surface area contributed by atoms with Crippen molar-refractivity contribution in [1.82, 2.24) is 10.2 Å². The van der Waals surface area contributed by atoms with Crippen molar-refractivity contribution in [1.29, 1.82) is 0 Å². The smallest absolute Gasteiger partial charge is 0.243 e. The summed E-state index contributed by atoms with van der Waals surface area (Å²) < 4.78 is 26.2. The normalized spacial score (nSPS) is 12.6. The van der Waals surface area contributed by atoms with Gasteiger partial charge in [0.1, 0.15) is 6.04 Å². The van der Waals surface area contributed by atoms with Crippen LogP contribution >= 0.6 is 34.8 Å². The van der Waals surface area contributed by atoms with Crippen LogP contribution in [0.25, 0.3) is 0 Å². The monoisotopic (exact) mass is 589 g/mol. The van der Waals surface area contributed by atoms with E-state index in [2.05, 4.69) is 5.32 Å². The molecule has 2 aromatic carbocycles. The number of hydrogen-bond donors (Lipinski definition) is 1. The first-order valence-electron chi connectivity index (χ1n) is 11.9. The Morgan fingerprint density at radius 2 is 1.59 bits per heavy atom. The summed E-state index contributed by atoms with van der Waals surface area (Å²) >= 11 is 18.3. The maximum atomic E-state index is 13.5. The van der Waals surface area contributed by atoms with E-state index in [4.69, 9.17) is 34.8 Å². The van der Waals surface area contributed by atoms with Gasteiger partial charge in [-0.25, -0.2) is 8.42 Å². The number of nitrogens with zero attached hydrogens (tertiary/aromatic N) is 2. The standard InChI is InChI=1S/C26H34Cl3N3O4S/c1-6-22(25(34)30-26(2,3)4)31(17-18-9-11-19(27)12-10-18)24(33)8-7-15-32(37(5,35)36)23-16-20(28)13-14-21(23)29/h9-14,16,22H,6-8,15,17H2,1-5H3,(H,30,34)/t22-/m1/s1. The van der Waals surface area contributed by atoms with E-state index in [1.807, 2.05) is 39.8 Å². The highest BCUT2D eigenvalue weighted by Crippen LogP contribution is 2.31. The van der Waals surface area contributed by atoms with Crippen molar-refractivity contribution in [3.8, 4) is 0 Å². The maximum Gasteiger partial charge on any atom is 0.243 e. The molecule has 204 valence electrons. The topological polar surface area (TPSA) is 86.8 Å². The Morgan fingerprint density at radius 3 is 2.14 bits per heavy atom. The Morgan fingerprint density at radius 1 is 1.00 bits per heavy atom. The average molecular weight is 591 g/mol. The predicted molar refractivity (Wildman–Crippen MR) is 152 cm³/mol. The van der Waals surface area contributed by atoms with E-state index in [9.17, 15) is 18.0 Å². The van der Waals surface area contributed by atoms with Crippen LogP contribution in [0.1, 0.15) is 52.5 Å². The second-order valence-corrected chi connectivity index (χ2v) is 13.0. The quantitative estimate of drug-likeness (QED) is 0.352. The highest BCUT2D eigenvalue weighted by Gasteiger charge is 2.31. The number of hydrogen-bond acceptors (Lipinski definition) is 4. The minimum absolute atomic E-state index is 0.0183. The number of nitrogens with one attached hydrogen (secondary N) is 1. The molecule has 7 nitrogen and oxygen atoms in total. The Hall–Kier alpha value is -2.00. The maximum absolute atomic E-state index is 13.5. The lowest BCUT2D eigenvalue weighted by atomic mass is 10.0. The van der Waals surface area contributed by atoms with E-state index in [1.165, 1.54) is 12.1 Å². The number of halogens is 3. The number of rotatable bonds is 11. The highest BCUT2D eigenvalue weighted by atomic mass is 35.5. The van der Waals surface area contributed by atoms with Crippen molar-refractivity contribution < 1.29 is 18.0 Å². The first kappa shape index (κ1) is 31.2. The fourth-order valence-corrected chi connectivity index (χ4v) is 5.35. The van der Waals surface area contributed by atoms with Crippen LogP contribution in [0.5, 0.6) is 0 Å². The van der Waals surface area contributed by atoms with E-state index in [1.54, 1.807) is 23.1 Å². The molecule has 0 heterocycles. The van der Waals surface area contributed by atoms with E-state index >= 15 is 0 Å². The van der Waals surface area contributed by atoms with Crippen molar-refractivity contribution in [3.05, 3.63) is 63.1 Å². The molecule has 1 N–H and O–H groups in total. The van der Waals surface area contributed by atoms with Crippen molar-refractivity contribution in [2.75, 3.05) is 17.1 Å². The molecule has 2 rings (SSSR count). The lowest BCUT2D eigenvalue weighted by Crippen LogP contribution is -2.53. The van der Waals surface area contributed by atoms with Crippen molar-refractivity contribution in [2.45, 2.75) is 65.1 Å². The summed E-state index contributed by atoms with van der Waals surface area (Å²) in [5.41, 5.74) is 0.604. The van der Waals surface area contributed by atoms with E-state index in [0.29, 0.717) is 16.5 Å². The van der Waals surface area contributed by atoms with Crippen molar-refractivity contribution in [3.63, 3.8) is 0 Å². The molecule has 0 bridgehead atoms. The average Bonchev–Trinajstić information content (AvgIpc) is 2.77. The molecule has 37 heavy (non-hydrogen) atoms. The Kier molecular flexibility index (Phi) is 11.1. The van der Waals surface area contributed by atoms with Gasteiger partial charge in [0, 0.05) is 35.1 Å². The zero-order chi connectivity index (χ0) is 28.0. The molecule has 0 aliphatic carbocycles. The Labute approximate surface area is 235 Å². The molecule has 0 unspecified atom stereocenters. The van der Waals surface area contributed by atoms with Gasteiger partial charge in [0.15, 0.2) is 0 Å². The summed E-state index contributed by atoms with van der Waals surface area (Å²) in [4.78, 5) is 28.1. The minimum atomic E-state index is -3.69. The second-order valence-electron chi connectivity index (χ2n) is 9.85. The molecule has 0 aliphatic rings. The summed E-state index contributed by atoms with van der Waals surface area (Å²) in [5.74, 6) is -0.516. The van der Waals surface area contributed by atoms with Crippen molar-refractivity contribution in [2.24, 2.45) is 0 Å². The van der Waals surface area contributed by atoms with E-state index < -0.39 is 21.6 Å². The van der Waals surface area contributed by atoms with Crippen LogP contribution in [0.3, 0.4) is 0 Å². The largest absolute Gasteiger partial charge is 0.350 e. The van der Waals surface area contributed by atoms with E-state index in [-0.39, 0.29) is 48.5 Å². The number of carbonyl (C=O) groups excluding carboxylic acids is 2. The van der Waals surface area contributed by atoms with Crippen LogP contribution in [0, 0.1) is 0 Å². The van der Waals surface area contributed by atoms with Crippen LogP contribution in [0.2, 0.25) is 15.1 Å². The summed E-state index contributed by atoms with van der Waals surface area (Å²) in [7, 11) is -3.69. The van der Waals surface area contributed by atoms with Crippen LogP contribution in [-0.2, 0) is 26.2 Å². The van der Waals surface area contributed by atoms with Crippen molar-refractivity contribution >= 4 is 62.3 Å². The summed E-state index contributed by atoms with van der Waals surface area (Å²) in [6.07, 6.45) is 1.72. The van der Waals surface area contributed by atoms with Gasteiger partial charge in [-0.3, -0.25) is 13.9 Å². The molecule has 0 spiro atoms. The predicted octanol–water partition coefficient (Wildman–Crippen LogP) is 5.92. The summed E-state index contributed by atoms with van der Waals surface area (Å²) in [5, 5.41) is 4.10. The third kappa shape index (κ3) is 9.67. The van der Waals surface area contributed by atoms with Gasteiger partial charge in [-0.2, -0.15) is 0 Å². The molecule has 1 atom stereocenters. The van der Waals surface area contributed by atoms with Gasteiger partial charge in [0.25, 0.3) is 0 Å². The number of anilines is 1. The Balaban J connectivity index is 2.27. The van der Waals surface area contributed by atoms with Crippen LogP contribution in [-0.4, -0.2) is 49.5 Å².